The summed E-state index contributed by atoms with van der Waals surface area (Å²) >= 11 is 4.20. The van der Waals surface area contributed by atoms with E-state index in [4.69, 9.17) is 0 Å². The third-order valence-electron chi connectivity index (χ3n) is 2.44. The summed E-state index contributed by atoms with van der Waals surface area (Å²) < 4.78 is 0. The summed E-state index contributed by atoms with van der Waals surface area (Å²) in [6.07, 6.45) is 12.6. The van der Waals surface area contributed by atoms with E-state index in [1.54, 1.807) is 5.57 Å². The number of rotatable bonds is 5. The molecule has 13 heavy (non-hydrogen) atoms. The monoisotopic (exact) mass is 194 g/mol. The summed E-state index contributed by atoms with van der Waals surface area (Å²) in [6.45, 7) is 3.78. The number of allylic oxidation sites excluding steroid dienone is 5. The van der Waals surface area contributed by atoms with Gasteiger partial charge in [0.05, 0.1) is 0 Å². The van der Waals surface area contributed by atoms with Crippen molar-refractivity contribution < 1.29 is 0 Å². The van der Waals surface area contributed by atoms with Crippen molar-refractivity contribution in [1.29, 1.82) is 0 Å². The molecule has 0 aromatic carbocycles. The van der Waals surface area contributed by atoms with Crippen molar-refractivity contribution >= 4 is 12.6 Å². The molecule has 0 heterocycles. The lowest BCUT2D eigenvalue weighted by atomic mass is 9.95. The summed E-state index contributed by atoms with van der Waals surface area (Å²) in [5.74, 6) is 1.01. The summed E-state index contributed by atoms with van der Waals surface area (Å²) in [5.41, 5.74) is 2.96. The Kier molecular flexibility index (Phi) is 4.99. The van der Waals surface area contributed by atoms with Gasteiger partial charge in [0.15, 0.2) is 0 Å². The number of thiol groups is 1. The van der Waals surface area contributed by atoms with Crippen LogP contribution in [0, 0.1) is 0 Å². The van der Waals surface area contributed by atoms with E-state index in [0.29, 0.717) is 0 Å². The van der Waals surface area contributed by atoms with E-state index in [0.717, 1.165) is 5.75 Å². The highest BCUT2D eigenvalue weighted by Gasteiger charge is 2.03. The Morgan fingerprint density at radius 1 is 1.31 bits per heavy atom. The van der Waals surface area contributed by atoms with Gasteiger partial charge in [-0.05, 0) is 43.4 Å². The van der Waals surface area contributed by atoms with Gasteiger partial charge in [0.25, 0.3) is 0 Å². The van der Waals surface area contributed by atoms with Crippen LogP contribution in [0.5, 0.6) is 0 Å². The zero-order valence-corrected chi connectivity index (χ0v) is 9.02. The quantitative estimate of drug-likeness (QED) is 0.498. The van der Waals surface area contributed by atoms with Crippen molar-refractivity contribution in [3.63, 3.8) is 0 Å². The number of hydrogen-bond donors (Lipinski definition) is 1. The predicted octanol–water partition coefficient (Wildman–Crippen LogP) is 3.92. The molecule has 0 aliphatic heterocycles. The predicted molar refractivity (Wildman–Crippen MR) is 63.3 cm³/mol. The molecule has 72 valence electrons. The molecule has 0 amide bonds. The Hall–Kier alpha value is -0.430. The van der Waals surface area contributed by atoms with Crippen LogP contribution in [0.1, 0.15) is 32.1 Å². The Labute approximate surface area is 86.8 Å². The number of hydrogen-bond acceptors (Lipinski definition) is 1. The minimum Gasteiger partial charge on any atom is -0.179 e. The maximum atomic E-state index is 4.20. The van der Waals surface area contributed by atoms with Gasteiger partial charge >= 0.3 is 0 Å². The Morgan fingerprint density at radius 2 is 2.15 bits per heavy atom. The maximum absolute atomic E-state index is 4.20. The van der Waals surface area contributed by atoms with Crippen LogP contribution in [0.15, 0.2) is 36.0 Å². The lowest BCUT2D eigenvalue weighted by Crippen LogP contribution is -1.92. The minimum absolute atomic E-state index is 1.01. The zero-order chi connectivity index (χ0) is 9.52. The average Bonchev–Trinajstić information content (AvgIpc) is 2.19. The van der Waals surface area contributed by atoms with Crippen LogP contribution in [0.2, 0.25) is 0 Å². The van der Waals surface area contributed by atoms with E-state index in [2.05, 4.69) is 31.4 Å². The average molecular weight is 194 g/mol. The first kappa shape index (κ1) is 10.6. The van der Waals surface area contributed by atoms with Gasteiger partial charge in [-0.25, -0.2) is 0 Å². The number of unbranched alkanes of at least 4 members (excludes halogenated alkanes) is 1. The van der Waals surface area contributed by atoms with Gasteiger partial charge in [0, 0.05) is 0 Å². The molecule has 1 aliphatic rings. The van der Waals surface area contributed by atoms with E-state index in [1.807, 2.05) is 6.08 Å². The van der Waals surface area contributed by atoms with Crippen LogP contribution in [0.4, 0.5) is 0 Å². The molecule has 0 N–H and O–H groups in total. The van der Waals surface area contributed by atoms with E-state index < -0.39 is 0 Å². The van der Waals surface area contributed by atoms with Crippen molar-refractivity contribution in [2.24, 2.45) is 0 Å². The Bertz CT molecular complexity index is 223. The van der Waals surface area contributed by atoms with Crippen molar-refractivity contribution in [1.82, 2.24) is 0 Å². The topological polar surface area (TPSA) is 0 Å². The minimum atomic E-state index is 1.01. The van der Waals surface area contributed by atoms with Crippen LogP contribution < -0.4 is 0 Å². The first-order valence-corrected chi connectivity index (χ1v) is 5.62. The Morgan fingerprint density at radius 3 is 2.69 bits per heavy atom. The van der Waals surface area contributed by atoms with Crippen LogP contribution in [-0.2, 0) is 0 Å². The lowest BCUT2D eigenvalue weighted by molar-refractivity contribution is 0.751. The second-order valence-electron chi connectivity index (χ2n) is 3.45. The van der Waals surface area contributed by atoms with Crippen LogP contribution in [0.3, 0.4) is 0 Å². The van der Waals surface area contributed by atoms with Crippen molar-refractivity contribution in [3.05, 3.63) is 36.0 Å². The molecule has 0 spiro atoms. The zero-order valence-electron chi connectivity index (χ0n) is 8.13. The molecule has 0 aromatic rings. The molecule has 0 saturated heterocycles. The van der Waals surface area contributed by atoms with E-state index >= 15 is 0 Å². The van der Waals surface area contributed by atoms with E-state index in [-0.39, 0.29) is 0 Å². The standard InChI is InChI=1S/C12H18S/c1-2-11-6-8-12(9-7-11)5-3-4-10-13/h2,6,8,13H,1,3-5,7,9-10H2. The highest BCUT2D eigenvalue weighted by Crippen LogP contribution is 2.22. The first-order valence-electron chi connectivity index (χ1n) is 4.98. The van der Waals surface area contributed by atoms with Gasteiger partial charge in [0.2, 0.25) is 0 Å². The molecule has 1 heteroatoms. The van der Waals surface area contributed by atoms with Gasteiger partial charge < -0.3 is 0 Å². The molecule has 0 fully saturated rings. The smallest absolute Gasteiger partial charge is 0.00978 e. The van der Waals surface area contributed by atoms with Gasteiger partial charge in [-0.3, -0.25) is 0 Å². The summed E-state index contributed by atoms with van der Waals surface area (Å²) in [7, 11) is 0. The molecular weight excluding hydrogens is 176 g/mol. The molecule has 0 atom stereocenters. The van der Waals surface area contributed by atoms with Gasteiger partial charge in [-0.15, -0.1) is 0 Å². The maximum Gasteiger partial charge on any atom is -0.00978 e. The molecule has 0 radical (unpaired) electrons. The van der Waals surface area contributed by atoms with Gasteiger partial charge in [-0.2, -0.15) is 12.6 Å². The first-order chi connectivity index (χ1) is 6.36. The second kappa shape index (κ2) is 6.09. The molecule has 0 unspecified atom stereocenters. The molecular formula is C12H18S. The summed E-state index contributed by atoms with van der Waals surface area (Å²) in [5, 5.41) is 0. The summed E-state index contributed by atoms with van der Waals surface area (Å²) in [4.78, 5) is 0. The fourth-order valence-electron chi connectivity index (χ4n) is 1.54. The van der Waals surface area contributed by atoms with Crippen molar-refractivity contribution in [3.8, 4) is 0 Å². The third-order valence-corrected chi connectivity index (χ3v) is 2.75. The lowest BCUT2D eigenvalue weighted by Gasteiger charge is -2.11. The molecule has 1 aliphatic carbocycles. The highest BCUT2D eigenvalue weighted by atomic mass is 32.1. The van der Waals surface area contributed by atoms with E-state index in [9.17, 15) is 0 Å². The molecule has 0 bridgehead atoms. The second-order valence-corrected chi connectivity index (χ2v) is 3.90. The molecule has 1 rings (SSSR count). The molecule has 0 nitrogen and oxygen atoms in total. The molecule has 0 aromatic heterocycles. The van der Waals surface area contributed by atoms with Gasteiger partial charge in [-0.1, -0.05) is 30.4 Å². The van der Waals surface area contributed by atoms with Crippen molar-refractivity contribution in [2.45, 2.75) is 32.1 Å². The fourth-order valence-corrected chi connectivity index (χ4v) is 1.76. The van der Waals surface area contributed by atoms with Crippen molar-refractivity contribution in [2.75, 3.05) is 5.75 Å². The highest BCUT2D eigenvalue weighted by molar-refractivity contribution is 7.80. The van der Waals surface area contributed by atoms with Gasteiger partial charge in [0.1, 0.15) is 0 Å². The fraction of sp³-hybridized carbons (Fsp3) is 0.500. The van der Waals surface area contributed by atoms with E-state index in [1.165, 1.54) is 37.7 Å². The largest absolute Gasteiger partial charge is 0.179 e. The molecule has 0 saturated carbocycles. The third kappa shape index (κ3) is 3.86. The normalized spacial score (nSPS) is 16.4. The van der Waals surface area contributed by atoms with Crippen LogP contribution in [-0.4, -0.2) is 5.75 Å². The SMILES string of the molecule is C=CC1=CC=C(CCCCS)CC1. The summed E-state index contributed by atoms with van der Waals surface area (Å²) in [6, 6.07) is 0. The van der Waals surface area contributed by atoms with Crippen LogP contribution in [0.25, 0.3) is 0 Å². The Balaban J connectivity index is 2.32. The van der Waals surface area contributed by atoms with Crippen LogP contribution >= 0.6 is 12.6 Å².